The summed E-state index contributed by atoms with van der Waals surface area (Å²) in [5.74, 6) is 0.789. The van der Waals surface area contributed by atoms with Gasteiger partial charge in [-0.2, -0.15) is 0 Å². The van der Waals surface area contributed by atoms with Crippen molar-refractivity contribution in [3.8, 4) is 0 Å². The summed E-state index contributed by atoms with van der Waals surface area (Å²) in [6, 6.07) is 0. The average molecular weight is 521 g/mol. The van der Waals surface area contributed by atoms with Crippen molar-refractivity contribution in [1.82, 2.24) is 0 Å². The van der Waals surface area contributed by atoms with Crippen LogP contribution >= 0.6 is 11.8 Å². The highest BCUT2D eigenvalue weighted by Crippen LogP contribution is 2.41. The number of hydrogen-bond acceptors (Lipinski definition) is 3. The predicted octanol–water partition coefficient (Wildman–Crippen LogP) is 10.5. The van der Waals surface area contributed by atoms with Gasteiger partial charge in [-0.05, 0) is 95.1 Å². The fourth-order valence-corrected chi connectivity index (χ4v) is 5.03. The molecule has 202 valence electrons. The molecule has 0 aromatic carbocycles. The van der Waals surface area contributed by atoms with Gasteiger partial charge in [-0.15, -0.1) is 0 Å². The van der Waals surface area contributed by atoms with E-state index in [-0.39, 0.29) is 17.0 Å². The van der Waals surface area contributed by atoms with Crippen molar-refractivity contribution < 1.29 is 9.90 Å². The Morgan fingerprint density at radius 3 is 2.35 bits per heavy atom. The minimum atomic E-state index is -0.104. The Kier molecular flexibility index (Phi) is 11.3. The molecule has 0 atom stereocenters. The van der Waals surface area contributed by atoms with Gasteiger partial charge < -0.3 is 5.11 Å². The summed E-state index contributed by atoms with van der Waals surface area (Å²) in [6.07, 6.45) is 17.4. The minimum absolute atomic E-state index is 0.0838. The van der Waals surface area contributed by atoms with Gasteiger partial charge in [0, 0.05) is 0 Å². The lowest BCUT2D eigenvalue weighted by molar-refractivity contribution is -0.113. The number of ketones is 1. The molecule has 0 saturated carbocycles. The third kappa shape index (κ3) is 9.52. The summed E-state index contributed by atoms with van der Waals surface area (Å²) < 4.78 is 0. The zero-order valence-corrected chi connectivity index (χ0v) is 25.4. The molecule has 0 aromatic heterocycles. The van der Waals surface area contributed by atoms with E-state index in [9.17, 15) is 9.90 Å². The van der Waals surface area contributed by atoms with Crippen LogP contribution in [0.2, 0.25) is 0 Å². The number of hydrogen-bond donors (Lipinski definition) is 1. The van der Waals surface area contributed by atoms with Crippen LogP contribution in [0.15, 0.2) is 92.0 Å². The van der Waals surface area contributed by atoms with Gasteiger partial charge in [0.05, 0.1) is 11.1 Å². The molecular weight excluding hydrogens is 472 g/mol. The summed E-state index contributed by atoms with van der Waals surface area (Å²) >= 11 is 1.85. The maximum Gasteiger partial charge on any atom is 0.200 e. The van der Waals surface area contributed by atoms with E-state index in [1.54, 1.807) is 0 Å². The second-order valence-corrected chi connectivity index (χ2v) is 13.4. The zero-order chi connectivity index (χ0) is 27.9. The highest BCUT2D eigenvalue weighted by Gasteiger charge is 2.32. The second-order valence-electron chi connectivity index (χ2n) is 12.2. The lowest BCUT2D eigenvalue weighted by Gasteiger charge is -2.24. The summed E-state index contributed by atoms with van der Waals surface area (Å²) in [4.78, 5) is 15.8. The van der Waals surface area contributed by atoms with Gasteiger partial charge in [0.25, 0.3) is 0 Å². The molecule has 1 aliphatic carbocycles. The minimum Gasteiger partial charge on any atom is -0.506 e. The van der Waals surface area contributed by atoms with E-state index in [0.717, 1.165) is 48.8 Å². The van der Waals surface area contributed by atoms with E-state index in [1.165, 1.54) is 15.4 Å². The van der Waals surface area contributed by atoms with Gasteiger partial charge in [-0.3, -0.25) is 4.79 Å². The van der Waals surface area contributed by atoms with E-state index < -0.39 is 0 Å². The van der Waals surface area contributed by atoms with E-state index in [2.05, 4.69) is 87.1 Å². The SMILES string of the molecule is C=C(/C=C(C=C1C(=O)C(/C=C2\C=C(CCC(C)(C)C)SC(C(C)C)=C2)=C1O)\C=C(/C)C(C)C)CCCC. The van der Waals surface area contributed by atoms with Crippen molar-refractivity contribution in [1.29, 1.82) is 0 Å². The molecule has 2 rings (SSSR count). The van der Waals surface area contributed by atoms with Crippen molar-refractivity contribution in [2.24, 2.45) is 17.3 Å². The van der Waals surface area contributed by atoms with E-state index in [4.69, 9.17) is 0 Å². The Hall–Kier alpha value is -2.26. The number of rotatable bonds is 11. The van der Waals surface area contributed by atoms with E-state index in [0.29, 0.717) is 23.0 Å². The highest BCUT2D eigenvalue weighted by molar-refractivity contribution is 8.06. The quantitative estimate of drug-likeness (QED) is 0.217. The molecule has 0 fully saturated rings. The van der Waals surface area contributed by atoms with Crippen molar-refractivity contribution in [3.63, 3.8) is 0 Å². The Morgan fingerprint density at radius 2 is 1.81 bits per heavy atom. The first-order valence-corrected chi connectivity index (χ1v) is 14.6. The summed E-state index contributed by atoms with van der Waals surface area (Å²) in [5, 5.41) is 10.9. The first kappa shape index (κ1) is 31.0. The average Bonchev–Trinajstić information content (AvgIpc) is 2.82. The van der Waals surface area contributed by atoms with Crippen molar-refractivity contribution in [2.75, 3.05) is 0 Å². The zero-order valence-electron chi connectivity index (χ0n) is 24.6. The first-order valence-electron chi connectivity index (χ1n) is 13.8. The number of aliphatic hydroxyl groups is 1. The molecule has 3 heteroatoms. The van der Waals surface area contributed by atoms with Crippen LogP contribution in [0.5, 0.6) is 0 Å². The number of allylic oxidation sites excluding steroid dienone is 14. The van der Waals surface area contributed by atoms with Gasteiger partial charge in [0.15, 0.2) is 0 Å². The van der Waals surface area contributed by atoms with Crippen LogP contribution in [0.4, 0.5) is 0 Å². The third-order valence-corrected chi connectivity index (χ3v) is 8.13. The largest absolute Gasteiger partial charge is 0.506 e. The van der Waals surface area contributed by atoms with E-state index in [1.807, 2.05) is 30.0 Å². The number of thioether (sulfide) groups is 1. The van der Waals surface area contributed by atoms with Crippen molar-refractivity contribution in [3.05, 3.63) is 92.0 Å². The predicted molar refractivity (Wildman–Crippen MR) is 163 cm³/mol. The maximum atomic E-state index is 13.2. The van der Waals surface area contributed by atoms with Crippen molar-refractivity contribution in [2.45, 2.75) is 94.4 Å². The highest BCUT2D eigenvalue weighted by atomic mass is 32.2. The lowest BCUT2D eigenvalue weighted by Crippen LogP contribution is -2.21. The number of unbranched alkanes of at least 4 members (excludes halogenated alkanes) is 1. The molecule has 0 radical (unpaired) electrons. The van der Waals surface area contributed by atoms with Gasteiger partial charge in [-0.1, -0.05) is 103 Å². The van der Waals surface area contributed by atoms with E-state index >= 15 is 0 Å². The standard InChI is InChI=1S/C34H48O2S/c1-11-12-13-24(6)16-26(17-25(7)22(2)3)19-29-32(35)30(33(29)36)20-27-18-28(14-15-34(8,9)10)37-31(21-27)23(4)5/h16-23,35H,6,11-15H2,1-5,7-10H3/b25-17+,26-16+,27-20+,29-19?. The van der Waals surface area contributed by atoms with Gasteiger partial charge in [-0.25, -0.2) is 0 Å². The monoisotopic (exact) mass is 520 g/mol. The van der Waals surface area contributed by atoms with Crippen molar-refractivity contribution >= 4 is 17.5 Å². The van der Waals surface area contributed by atoms with Crippen LogP contribution in [-0.4, -0.2) is 10.9 Å². The van der Waals surface area contributed by atoms with Crippen LogP contribution in [-0.2, 0) is 4.79 Å². The smallest absolute Gasteiger partial charge is 0.200 e. The molecule has 1 N–H and O–H groups in total. The van der Waals surface area contributed by atoms with Crippen LogP contribution in [0, 0.1) is 17.3 Å². The fourth-order valence-electron chi connectivity index (χ4n) is 3.90. The maximum absolute atomic E-state index is 13.2. The van der Waals surface area contributed by atoms with Gasteiger partial charge in [0.2, 0.25) is 5.78 Å². The molecule has 0 saturated heterocycles. The molecule has 1 heterocycles. The first-order chi connectivity index (χ1) is 17.2. The summed E-state index contributed by atoms with van der Waals surface area (Å²) in [7, 11) is 0. The topological polar surface area (TPSA) is 37.3 Å². The Bertz CT molecular complexity index is 1100. The van der Waals surface area contributed by atoms with Gasteiger partial charge in [0.1, 0.15) is 5.76 Å². The number of carbonyl (C=O) groups excluding carboxylic acids is 1. The Morgan fingerprint density at radius 1 is 1.14 bits per heavy atom. The van der Waals surface area contributed by atoms with Crippen LogP contribution in [0.3, 0.4) is 0 Å². The molecule has 2 nitrogen and oxygen atoms in total. The number of carbonyl (C=O) groups is 1. The molecule has 0 spiro atoms. The lowest BCUT2D eigenvalue weighted by atomic mass is 9.84. The Balaban J connectivity index is 2.42. The molecule has 37 heavy (non-hydrogen) atoms. The van der Waals surface area contributed by atoms with Crippen LogP contribution in [0.25, 0.3) is 0 Å². The van der Waals surface area contributed by atoms with Crippen LogP contribution in [0.1, 0.15) is 94.4 Å². The summed E-state index contributed by atoms with van der Waals surface area (Å²) in [6.45, 7) is 24.0. The molecule has 2 aliphatic rings. The fraction of sp³-hybridized carbons (Fsp3) is 0.500. The molecule has 1 aliphatic heterocycles. The molecule has 0 bridgehead atoms. The Labute approximate surface area is 230 Å². The number of aliphatic hydroxyl groups excluding tert-OH is 1. The molecule has 0 unspecified atom stereocenters. The summed E-state index contributed by atoms with van der Waals surface area (Å²) in [5.41, 5.74) is 5.21. The normalized spacial score (nSPS) is 19.7. The molecular formula is C34H48O2S. The van der Waals surface area contributed by atoms with Gasteiger partial charge >= 0.3 is 0 Å². The van der Waals surface area contributed by atoms with Crippen LogP contribution < -0.4 is 0 Å². The second kappa shape index (κ2) is 13.5. The third-order valence-electron chi connectivity index (χ3n) is 6.72. The number of Topliss-reactive ketones (excluding diaryl/α,β-unsaturated/α-hetero) is 1. The molecule has 0 aromatic rings. The molecule has 0 amide bonds.